The second kappa shape index (κ2) is 8.96. The molecule has 3 nitrogen and oxygen atoms in total. The zero-order valence-electron chi connectivity index (χ0n) is 13.8. The number of anilines is 1. The van der Waals surface area contributed by atoms with Crippen LogP contribution in [0.4, 0.5) is 5.69 Å². The highest BCUT2D eigenvalue weighted by Gasteiger charge is 2.12. The molecule has 0 amide bonds. The van der Waals surface area contributed by atoms with Crippen molar-refractivity contribution in [3.8, 4) is 0 Å². The summed E-state index contributed by atoms with van der Waals surface area (Å²) in [5.74, 6) is 0. The van der Waals surface area contributed by atoms with E-state index in [0.29, 0.717) is 12.1 Å². The molecule has 1 N–H and O–H groups in total. The SMILES string of the molecule is CCCNC(CC)c1ccc(N(C)C(C)CCC)cn1. The molecule has 3 heteroatoms. The number of pyridine rings is 1. The fraction of sp³-hybridized carbons (Fsp3) is 0.706. The number of hydrogen-bond acceptors (Lipinski definition) is 3. The van der Waals surface area contributed by atoms with E-state index in [-0.39, 0.29) is 0 Å². The van der Waals surface area contributed by atoms with Crippen LogP contribution in [0.5, 0.6) is 0 Å². The van der Waals surface area contributed by atoms with Crippen molar-refractivity contribution in [2.75, 3.05) is 18.5 Å². The lowest BCUT2D eigenvalue weighted by molar-refractivity contribution is 0.507. The summed E-state index contributed by atoms with van der Waals surface area (Å²) >= 11 is 0. The highest BCUT2D eigenvalue weighted by Crippen LogP contribution is 2.20. The first-order valence-corrected chi connectivity index (χ1v) is 8.06. The van der Waals surface area contributed by atoms with Crippen molar-refractivity contribution in [1.29, 1.82) is 0 Å². The Morgan fingerprint density at radius 1 is 1.20 bits per heavy atom. The second-order valence-electron chi connectivity index (χ2n) is 5.60. The van der Waals surface area contributed by atoms with Crippen LogP contribution in [-0.4, -0.2) is 24.6 Å². The van der Waals surface area contributed by atoms with E-state index in [9.17, 15) is 0 Å². The van der Waals surface area contributed by atoms with Crippen LogP contribution in [0, 0.1) is 0 Å². The maximum absolute atomic E-state index is 4.66. The standard InChI is InChI=1S/C17H31N3/c1-6-9-14(4)20(5)15-10-11-17(19-13-15)16(8-3)18-12-7-2/h10-11,13-14,16,18H,6-9,12H2,1-5H3. The molecule has 0 aromatic carbocycles. The monoisotopic (exact) mass is 277 g/mol. The number of aromatic nitrogens is 1. The van der Waals surface area contributed by atoms with Crippen LogP contribution < -0.4 is 10.2 Å². The lowest BCUT2D eigenvalue weighted by Crippen LogP contribution is -2.29. The van der Waals surface area contributed by atoms with E-state index in [2.05, 4.69) is 62.1 Å². The van der Waals surface area contributed by atoms with Crippen LogP contribution in [0.3, 0.4) is 0 Å². The molecule has 0 spiro atoms. The third kappa shape index (κ3) is 4.78. The summed E-state index contributed by atoms with van der Waals surface area (Å²) in [7, 11) is 2.16. The average Bonchev–Trinajstić information content (AvgIpc) is 2.48. The Morgan fingerprint density at radius 3 is 2.45 bits per heavy atom. The summed E-state index contributed by atoms with van der Waals surface area (Å²) < 4.78 is 0. The maximum Gasteiger partial charge on any atom is 0.0574 e. The lowest BCUT2D eigenvalue weighted by atomic mass is 10.1. The molecule has 0 aliphatic rings. The summed E-state index contributed by atoms with van der Waals surface area (Å²) in [6.07, 6.45) is 6.68. The summed E-state index contributed by atoms with van der Waals surface area (Å²) in [4.78, 5) is 6.98. The van der Waals surface area contributed by atoms with E-state index >= 15 is 0 Å². The molecular weight excluding hydrogens is 246 g/mol. The Hall–Kier alpha value is -1.09. The molecule has 1 aromatic heterocycles. The van der Waals surface area contributed by atoms with E-state index in [0.717, 1.165) is 25.1 Å². The number of rotatable bonds is 9. The van der Waals surface area contributed by atoms with Crippen molar-refractivity contribution in [3.63, 3.8) is 0 Å². The molecule has 2 atom stereocenters. The predicted octanol–water partition coefficient (Wildman–Crippen LogP) is 4.16. The molecule has 0 fully saturated rings. The van der Waals surface area contributed by atoms with Crippen molar-refractivity contribution in [2.24, 2.45) is 0 Å². The first-order chi connectivity index (χ1) is 9.63. The van der Waals surface area contributed by atoms with Gasteiger partial charge in [-0.25, -0.2) is 0 Å². The van der Waals surface area contributed by atoms with Gasteiger partial charge in [-0.3, -0.25) is 4.98 Å². The van der Waals surface area contributed by atoms with E-state index in [1.54, 1.807) is 0 Å². The maximum atomic E-state index is 4.66. The van der Waals surface area contributed by atoms with Crippen molar-refractivity contribution in [3.05, 3.63) is 24.0 Å². The molecule has 0 bridgehead atoms. The Balaban J connectivity index is 2.71. The third-order valence-electron chi connectivity index (χ3n) is 3.95. The summed E-state index contributed by atoms with van der Waals surface area (Å²) in [5, 5.41) is 3.55. The predicted molar refractivity (Wildman–Crippen MR) is 88.3 cm³/mol. The zero-order valence-corrected chi connectivity index (χ0v) is 13.8. The highest BCUT2D eigenvalue weighted by molar-refractivity contribution is 5.44. The molecular formula is C17H31N3. The van der Waals surface area contributed by atoms with Crippen LogP contribution in [0.25, 0.3) is 0 Å². The first kappa shape index (κ1) is 17.0. The Kier molecular flexibility index (Phi) is 7.60. The van der Waals surface area contributed by atoms with Gasteiger partial charge in [0.1, 0.15) is 0 Å². The molecule has 0 aliphatic carbocycles. The summed E-state index contributed by atoms with van der Waals surface area (Å²) in [5.41, 5.74) is 2.36. The van der Waals surface area contributed by atoms with E-state index in [4.69, 9.17) is 0 Å². The summed E-state index contributed by atoms with van der Waals surface area (Å²) in [6, 6.07) is 5.31. The largest absolute Gasteiger partial charge is 0.371 e. The minimum Gasteiger partial charge on any atom is -0.371 e. The molecule has 1 heterocycles. The van der Waals surface area contributed by atoms with Gasteiger partial charge in [0.05, 0.1) is 17.6 Å². The van der Waals surface area contributed by atoms with Gasteiger partial charge < -0.3 is 10.2 Å². The topological polar surface area (TPSA) is 28.2 Å². The van der Waals surface area contributed by atoms with Gasteiger partial charge in [-0.05, 0) is 44.9 Å². The van der Waals surface area contributed by atoms with E-state index in [1.165, 1.54) is 18.5 Å². The van der Waals surface area contributed by atoms with Gasteiger partial charge in [0, 0.05) is 19.1 Å². The van der Waals surface area contributed by atoms with Crippen LogP contribution in [0.1, 0.15) is 65.1 Å². The third-order valence-corrected chi connectivity index (χ3v) is 3.95. The van der Waals surface area contributed by atoms with Gasteiger partial charge in [-0.1, -0.05) is 27.2 Å². The fourth-order valence-corrected chi connectivity index (χ4v) is 2.45. The minimum absolute atomic E-state index is 0.377. The minimum atomic E-state index is 0.377. The van der Waals surface area contributed by atoms with Crippen LogP contribution in [0.15, 0.2) is 18.3 Å². The normalized spacial score (nSPS) is 14.1. The first-order valence-electron chi connectivity index (χ1n) is 8.06. The number of nitrogens with zero attached hydrogens (tertiary/aromatic N) is 2. The molecule has 0 aliphatic heterocycles. The van der Waals surface area contributed by atoms with Crippen molar-refractivity contribution < 1.29 is 0 Å². The summed E-state index contributed by atoms with van der Waals surface area (Å²) in [6.45, 7) is 9.96. The van der Waals surface area contributed by atoms with Crippen molar-refractivity contribution in [1.82, 2.24) is 10.3 Å². The molecule has 20 heavy (non-hydrogen) atoms. The molecule has 0 saturated heterocycles. The highest BCUT2D eigenvalue weighted by atomic mass is 15.1. The average molecular weight is 277 g/mol. The van der Waals surface area contributed by atoms with Crippen LogP contribution >= 0.6 is 0 Å². The van der Waals surface area contributed by atoms with Gasteiger partial charge in [-0.15, -0.1) is 0 Å². The Bertz CT molecular complexity index is 340. The van der Waals surface area contributed by atoms with Gasteiger partial charge >= 0.3 is 0 Å². The molecule has 0 saturated carbocycles. The Labute approximate surface area is 124 Å². The number of hydrogen-bond donors (Lipinski definition) is 1. The van der Waals surface area contributed by atoms with Gasteiger partial charge in [0.2, 0.25) is 0 Å². The quantitative estimate of drug-likeness (QED) is 0.734. The second-order valence-corrected chi connectivity index (χ2v) is 5.60. The molecule has 114 valence electrons. The van der Waals surface area contributed by atoms with Crippen LogP contribution in [0.2, 0.25) is 0 Å². The van der Waals surface area contributed by atoms with Gasteiger partial charge in [-0.2, -0.15) is 0 Å². The molecule has 0 radical (unpaired) electrons. The van der Waals surface area contributed by atoms with Crippen molar-refractivity contribution >= 4 is 5.69 Å². The molecule has 1 aromatic rings. The van der Waals surface area contributed by atoms with Gasteiger partial charge in [0.15, 0.2) is 0 Å². The Morgan fingerprint density at radius 2 is 1.95 bits per heavy atom. The van der Waals surface area contributed by atoms with E-state index < -0.39 is 0 Å². The smallest absolute Gasteiger partial charge is 0.0574 e. The van der Waals surface area contributed by atoms with E-state index in [1.807, 2.05) is 6.20 Å². The van der Waals surface area contributed by atoms with Crippen molar-refractivity contribution in [2.45, 2.75) is 65.5 Å². The lowest BCUT2D eigenvalue weighted by Gasteiger charge is -2.27. The zero-order chi connectivity index (χ0) is 15.0. The molecule has 2 unspecified atom stereocenters. The molecule has 1 rings (SSSR count). The van der Waals surface area contributed by atoms with Gasteiger partial charge in [0.25, 0.3) is 0 Å². The number of nitrogens with one attached hydrogen (secondary N) is 1. The van der Waals surface area contributed by atoms with Crippen LogP contribution in [-0.2, 0) is 0 Å². The fourth-order valence-electron chi connectivity index (χ4n) is 2.45.